The van der Waals surface area contributed by atoms with Crippen LogP contribution in [0.5, 0.6) is 0 Å². The first-order valence-corrected chi connectivity index (χ1v) is 5.38. The van der Waals surface area contributed by atoms with E-state index in [1.54, 1.807) is 0 Å². The number of likely N-dealkylation sites (tertiary alicyclic amines) is 1. The van der Waals surface area contributed by atoms with E-state index in [1.807, 2.05) is 0 Å². The molecular weight excluding hydrogens is 180 g/mol. The zero-order valence-electron chi connectivity index (χ0n) is 8.41. The van der Waals surface area contributed by atoms with E-state index in [1.165, 1.54) is 12.8 Å². The van der Waals surface area contributed by atoms with Crippen molar-refractivity contribution < 1.29 is 9.90 Å². The van der Waals surface area contributed by atoms with Gasteiger partial charge in [-0.2, -0.15) is 0 Å². The second-order valence-corrected chi connectivity index (χ2v) is 4.49. The molecule has 0 aromatic heterocycles. The Morgan fingerprint density at radius 2 is 2.07 bits per heavy atom. The van der Waals surface area contributed by atoms with Crippen LogP contribution >= 0.6 is 0 Å². The van der Waals surface area contributed by atoms with Crippen molar-refractivity contribution in [1.82, 2.24) is 10.2 Å². The largest absolute Gasteiger partial charge is 0.396 e. The molecule has 0 unspecified atom stereocenters. The summed E-state index contributed by atoms with van der Waals surface area (Å²) in [6, 6.07) is 0. The molecule has 0 aromatic carbocycles. The van der Waals surface area contributed by atoms with Crippen LogP contribution in [0.15, 0.2) is 0 Å². The highest BCUT2D eigenvalue weighted by molar-refractivity contribution is 5.78. The van der Waals surface area contributed by atoms with Gasteiger partial charge in [0, 0.05) is 32.2 Å². The predicted molar refractivity (Wildman–Crippen MR) is 52.7 cm³/mol. The van der Waals surface area contributed by atoms with Gasteiger partial charge in [-0.25, -0.2) is 0 Å². The highest BCUT2D eigenvalue weighted by Crippen LogP contribution is 2.27. The number of rotatable bonds is 5. The highest BCUT2D eigenvalue weighted by Gasteiger charge is 2.28. The first-order valence-electron chi connectivity index (χ1n) is 5.38. The molecule has 2 rings (SSSR count). The molecule has 1 heterocycles. The number of hydrogen-bond donors (Lipinski definition) is 2. The Morgan fingerprint density at radius 1 is 1.36 bits per heavy atom. The molecule has 4 nitrogen and oxygen atoms in total. The average molecular weight is 198 g/mol. The number of aliphatic hydroxyl groups is 1. The Balaban J connectivity index is 1.54. The fraction of sp³-hybridized carbons (Fsp3) is 0.900. The average Bonchev–Trinajstić information content (AvgIpc) is 2.90. The first-order chi connectivity index (χ1) is 6.78. The van der Waals surface area contributed by atoms with Crippen LogP contribution in [0.25, 0.3) is 0 Å². The predicted octanol–water partition coefficient (Wildman–Crippen LogP) is -0.563. The van der Waals surface area contributed by atoms with Gasteiger partial charge in [0.2, 0.25) is 5.91 Å². The minimum Gasteiger partial charge on any atom is -0.396 e. The zero-order chi connectivity index (χ0) is 9.97. The molecule has 1 aliphatic heterocycles. The summed E-state index contributed by atoms with van der Waals surface area (Å²) in [6.45, 7) is 3.35. The Hall–Kier alpha value is -0.610. The first kappa shape index (κ1) is 9.93. The van der Waals surface area contributed by atoms with Crippen LogP contribution in [0.3, 0.4) is 0 Å². The molecule has 2 fully saturated rings. The lowest BCUT2D eigenvalue weighted by Crippen LogP contribution is -2.52. The molecule has 2 N–H and O–H groups in total. The zero-order valence-corrected chi connectivity index (χ0v) is 8.41. The van der Waals surface area contributed by atoms with Crippen molar-refractivity contribution in [3.63, 3.8) is 0 Å². The molecule has 2 aliphatic rings. The van der Waals surface area contributed by atoms with Gasteiger partial charge in [-0.1, -0.05) is 0 Å². The van der Waals surface area contributed by atoms with Crippen molar-refractivity contribution in [2.45, 2.75) is 12.8 Å². The highest BCUT2D eigenvalue weighted by atomic mass is 16.3. The SMILES string of the molecule is O=C(CN1CC(CO)C1)NCC1CC1. The maximum atomic E-state index is 11.4. The van der Waals surface area contributed by atoms with E-state index in [-0.39, 0.29) is 12.5 Å². The van der Waals surface area contributed by atoms with Gasteiger partial charge in [-0.3, -0.25) is 9.69 Å². The second kappa shape index (κ2) is 4.28. The van der Waals surface area contributed by atoms with Crippen LogP contribution in [0.2, 0.25) is 0 Å². The summed E-state index contributed by atoms with van der Waals surface area (Å²) in [5, 5.41) is 11.7. The molecule has 14 heavy (non-hydrogen) atoms. The van der Waals surface area contributed by atoms with E-state index < -0.39 is 0 Å². The van der Waals surface area contributed by atoms with Crippen molar-refractivity contribution in [1.29, 1.82) is 0 Å². The maximum absolute atomic E-state index is 11.4. The van der Waals surface area contributed by atoms with Gasteiger partial charge in [0.25, 0.3) is 0 Å². The quantitative estimate of drug-likeness (QED) is 0.622. The number of carbonyl (C=O) groups excluding carboxylic acids is 1. The van der Waals surface area contributed by atoms with E-state index in [0.29, 0.717) is 12.5 Å². The van der Waals surface area contributed by atoms with Gasteiger partial charge in [-0.05, 0) is 18.8 Å². The minimum absolute atomic E-state index is 0.133. The van der Waals surface area contributed by atoms with Gasteiger partial charge in [-0.15, -0.1) is 0 Å². The van der Waals surface area contributed by atoms with Crippen molar-refractivity contribution in [3.05, 3.63) is 0 Å². The monoisotopic (exact) mass is 198 g/mol. The Kier molecular flexibility index (Phi) is 3.03. The molecule has 0 spiro atoms. The molecule has 0 aromatic rings. The molecule has 1 saturated heterocycles. The van der Waals surface area contributed by atoms with E-state index in [2.05, 4.69) is 10.2 Å². The lowest BCUT2D eigenvalue weighted by molar-refractivity contribution is -0.124. The smallest absolute Gasteiger partial charge is 0.234 e. The fourth-order valence-electron chi connectivity index (χ4n) is 1.76. The third-order valence-corrected chi connectivity index (χ3v) is 2.94. The standard InChI is InChI=1S/C10H18N2O2/c13-7-9-4-12(5-9)6-10(14)11-3-8-1-2-8/h8-9,13H,1-7H2,(H,11,14). The number of carbonyl (C=O) groups is 1. The van der Waals surface area contributed by atoms with Crippen LogP contribution in [0.1, 0.15) is 12.8 Å². The molecule has 0 bridgehead atoms. The third kappa shape index (κ3) is 2.69. The molecule has 4 heteroatoms. The molecule has 1 saturated carbocycles. The van der Waals surface area contributed by atoms with Gasteiger partial charge >= 0.3 is 0 Å². The lowest BCUT2D eigenvalue weighted by atomic mass is 10.0. The maximum Gasteiger partial charge on any atom is 0.234 e. The van der Waals surface area contributed by atoms with Crippen LogP contribution < -0.4 is 5.32 Å². The van der Waals surface area contributed by atoms with E-state index in [4.69, 9.17) is 5.11 Å². The Labute approximate surface area is 84.3 Å². The van der Waals surface area contributed by atoms with E-state index in [0.717, 1.165) is 25.6 Å². The third-order valence-electron chi connectivity index (χ3n) is 2.94. The summed E-state index contributed by atoms with van der Waals surface area (Å²) in [5.41, 5.74) is 0. The van der Waals surface area contributed by atoms with Crippen LogP contribution in [-0.2, 0) is 4.79 Å². The normalized spacial score (nSPS) is 23.2. The molecule has 0 atom stereocenters. The Morgan fingerprint density at radius 3 is 2.64 bits per heavy atom. The van der Waals surface area contributed by atoms with Gasteiger partial charge < -0.3 is 10.4 Å². The van der Waals surface area contributed by atoms with Gasteiger partial charge in [0.1, 0.15) is 0 Å². The summed E-state index contributed by atoms with van der Waals surface area (Å²) in [6.07, 6.45) is 2.55. The summed E-state index contributed by atoms with van der Waals surface area (Å²) in [7, 11) is 0. The van der Waals surface area contributed by atoms with Crippen LogP contribution in [0, 0.1) is 11.8 Å². The van der Waals surface area contributed by atoms with Gasteiger partial charge in [0.15, 0.2) is 0 Å². The van der Waals surface area contributed by atoms with Crippen LogP contribution in [0.4, 0.5) is 0 Å². The summed E-state index contributed by atoms with van der Waals surface area (Å²) >= 11 is 0. The fourth-order valence-corrected chi connectivity index (χ4v) is 1.76. The number of amides is 1. The van der Waals surface area contributed by atoms with Crippen LogP contribution in [-0.4, -0.2) is 48.7 Å². The van der Waals surface area contributed by atoms with Crippen molar-refractivity contribution in [2.75, 3.05) is 32.8 Å². The minimum atomic E-state index is 0.133. The molecule has 1 aliphatic carbocycles. The van der Waals surface area contributed by atoms with Crippen molar-refractivity contribution >= 4 is 5.91 Å². The van der Waals surface area contributed by atoms with E-state index >= 15 is 0 Å². The number of aliphatic hydroxyl groups excluding tert-OH is 1. The van der Waals surface area contributed by atoms with Gasteiger partial charge in [0.05, 0.1) is 6.54 Å². The number of nitrogens with zero attached hydrogens (tertiary/aromatic N) is 1. The molecule has 80 valence electrons. The second-order valence-electron chi connectivity index (χ2n) is 4.49. The lowest BCUT2D eigenvalue weighted by Gasteiger charge is -2.37. The number of hydrogen-bond acceptors (Lipinski definition) is 3. The summed E-state index contributed by atoms with van der Waals surface area (Å²) < 4.78 is 0. The van der Waals surface area contributed by atoms with Crippen molar-refractivity contribution in [3.8, 4) is 0 Å². The topological polar surface area (TPSA) is 52.6 Å². The van der Waals surface area contributed by atoms with Crippen molar-refractivity contribution in [2.24, 2.45) is 11.8 Å². The number of nitrogens with one attached hydrogen (secondary N) is 1. The molecular formula is C10H18N2O2. The molecule has 0 radical (unpaired) electrons. The summed E-state index contributed by atoms with van der Waals surface area (Å²) in [5.74, 6) is 1.28. The summed E-state index contributed by atoms with van der Waals surface area (Å²) in [4.78, 5) is 13.4. The Bertz CT molecular complexity index is 210. The molecule has 1 amide bonds. The van der Waals surface area contributed by atoms with E-state index in [9.17, 15) is 4.79 Å².